The molecule has 1 N–H and O–H groups in total. The fourth-order valence-corrected chi connectivity index (χ4v) is 4.14. The number of imidazole rings is 1. The fourth-order valence-electron chi connectivity index (χ4n) is 4.14. The number of nitrogens with zero attached hydrogens (tertiary/aromatic N) is 5. The second-order valence-electron chi connectivity index (χ2n) is 7.87. The van der Waals surface area contributed by atoms with Gasteiger partial charge in [-0.05, 0) is 44.0 Å². The summed E-state index contributed by atoms with van der Waals surface area (Å²) in [5.74, 6) is 1.57. The first-order valence-electron chi connectivity index (χ1n) is 9.95. The Kier molecular flexibility index (Phi) is 3.46. The standard InChI is InChI=1S/C21H22N6O/c1-13-12-28-9-8-26(13)20-7-6-19-22-11-18(27(19)25-20)15-4-5-17-16(10-15)21(24-23-17)14-2-3-14/h4-7,10-11,13-14H,2-3,8-9,12H2,1H3,(H,23,24)/t13-/m0/s1. The predicted molar refractivity (Wildman–Crippen MR) is 108 cm³/mol. The minimum Gasteiger partial charge on any atom is -0.377 e. The number of aromatic nitrogens is 5. The summed E-state index contributed by atoms with van der Waals surface area (Å²) in [5, 5.41) is 13.9. The first-order valence-corrected chi connectivity index (χ1v) is 9.95. The Morgan fingerprint density at radius 2 is 2.11 bits per heavy atom. The molecule has 1 aliphatic carbocycles. The normalized spacial score (nSPS) is 20.3. The van der Waals surface area contributed by atoms with Crippen molar-refractivity contribution >= 4 is 22.4 Å². The Bertz CT molecular complexity index is 1170. The van der Waals surface area contributed by atoms with E-state index in [1.165, 1.54) is 23.9 Å². The molecule has 6 rings (SSSR count). The molecule has 0 bridgehead atoms. The molecule has 2 fully saturated rings. The van der Waals surface area contributed by atoms with Crippen molar-refractivity contribution in [2.75, 3.05) is 24.7 Å². The smallest absolute Gasteiger partial charge is 0.154 e. The van der Waals surface area contributed by atoms with Gasteiger partial charge in [0.25, 0.3) is 0 Å². The maximum atomic E-state index is 5.57. The van der Waals surface area contributed by atoms with Crippen molar-refractivity contribution in [3.8, 4) is 11.3 Å². The minimum atomic E-state index is 0.314. The van der Waals surface area contributed by atoms with Crippen LogP contribution in [0.1, 0.15) is 31.4 Å². The topological polar surface area (TPSA) is 71.3 Å². The molecule has 142 valence electrons. The van der Waals surface area contributed by atoms with Crippen LogP contribution in [0.25, 0.3) is 27.8 Å². The van der Waals surface area contributed by atoms with Gasteiger partial charge in [0.05, 0.1) is 42.4 Å². The molecule has 3 aromatic heterocycles. The second kappa shape index (κ2) is 6.04. The summed E-state index contributed by atoms with van der Waals surface area (Å²) in [6.45, 7) is 4.50. The van der Waals surface area contributed by atoms with Crippen molar-refractivity contribution in [2.24, 2.45) is 0 Å². The van der Waals surface area contributed by atoms with Gasteiger partial charge in [0.2, 0.25) is 0 Å². The Balaban J connectivity index is 1.46. The highest BCUT2D eigenvalue weighted by atomic mass is 16.5. The fraction of sp³-hybridized carbons (Fsp3) is 0.381. The van der Waals surface area contributed by atoms with Crippen molar-refractivity contribution in [3.63, 3.8) is 0 Å². The highest BCUT2D eigenvalue weighted by molar-refractivity contribution is 5.87. The molecule has 4 heterocycles. The van der Waals surface area contributed by atoms with Gasteiger partial charge < -0.3 is 9.64 Å². The van der Waals surface area contributed by atoms with Gasteiger partial charge in [-0.25, -0.2) is 9.50 Å². The number of rotatable bonds is 3. The number of anilines is 1. The first-order chi connectivity index (χ1) is 13.8. The van der Waals surface area contributed by atoms with E-state index in [-0.39, 0.29) is 0 Å². The van der Waals surface area contributed by atoms with E-state index >= 15 is 0 Å². The van der Waals surface area contributed by atoms with Crippen molar-refractivity contribution in [1.82, 2.24) is 24.8 Å². The van der Waals surface area contributed by atoms with E-state index in [4.69, 9.17) is 9.84 Å². The number of H-pyrrole nitrogens is 1. The monoisotopic (exact) mass is 374 g/mol. The molecule has 2 aliphatic rings. The second-order valence-corrected chi connectivity index (χ2v) is 7.87. The molecule has 1 saturated carbocycles. The van der Waals surface area contributed by atoms with Crippen LogP contribution in [0.3, 0.4) is 0 Å². The number of hydrogen-bond acceptors (Lipinski definition) is 5. The molecule has 0 spiro atoms. The molecule has 4 aromatic rings. The lowest BCUT2D eigenvalue weighted by molar-refractivity contribution is 0.0984. The van der Waals surface area contributed by atoms with Crippen LogP contribution in [0.2, 0.25) is 0 Å². The lowest BCUT2D eigenvalue weighted by Crippen LogP contribution is -2.44. The van der Waals surface area contributed by atoms with Crippen LogP contribution in [-0.4, -0.2) is 50.6 Å². The maximum Gasteiger partial charge on any atom is 0.154 e. The van der Waals surface area contributed by atoms with Crippen molar-refractivity contribution in [2.45, 2.75) is 31.7 Å². The summed E-state index contributed by atoms with van der Waals surface area (Å²) in [6, 6.07) is 10.9. The molecule has 0 amide bonds. The van der Waals surface area contributed by atoms with Crippen LogP contribution in [0.5, 0.6) is 0 Å². The summed E-state index contributed by atoms with van der Waals surface area (Å²) in [4.78, 5) is 6.87. The molecular formula is C21H22N6O. The van der Waals surface area contributed by atoms with Gasteiger partial charge in [0.15, 0.2) is 5.65 Å². The van der Waals surface area contributed by atoms with Gasteiger partial charge in [-0.3, -0.25) is 5.10 Å². The summed E-state index contributed by atoms with van der Waals surface area (Å²) in [7, 11) is 0. The number of nitrogens with one attached hydrogen (secondary N) is 1. The highest BCUT2D eigenvalue weighted by Gasteiger charge is 2.28. The number of aromatic amines is 1. The van der Waals surface area contributed by atoms with Crippen LogP contribution in [-0.2, 0) is 4.74 Å². The average molecular weight is 374 g/mol. The van der Waals surface area contributed by atoms with E-state index in [1.807, 2.05) is 16.8 Å². The van der Waals surface area contributed by atoms with Crippen LogP contribution < -0.4 is 4.90 Å². The van der Waals surface area contributed by atoms with Gasteiger partial charge in [-0.1, -0.05) is 6.07 Å². The van der Waals surface area contributed by atoms with Gasteiger partial charge >= 0.3 is 0 Å². The molecule has 0 unspecified atom stereocenters. The van der Waals surface area contributed by atoms with Gasteiger partial charge in [0.1, 0.15) is 5.82 Å². The minimum absolute atomic E-state index is 0.314. The largest absolute Gasteiger partial charge is 0.377 e. The van der Waals surface area contributed by atoms with Gasteiger partial charge in [0, 0.05) is 23.4 Å². The van der Waals surface area contributed by atoms with Crippen LogP contribution in [0, 0.1) is 0 Å². The maximum absolute atomic E-state index is 5.57. The first kappa shape index (κ1) is 16.1. The molecule has 1 atom stereocenters. The summed E-state index contributed by atoms with van der Waals surface area (Å²) >= 11 is 0. The third kappa shape index (κ3) is 2.50. The van der Waals surface area contributed by atoms with E-state index in [0.717, 1.165) is 48.0 Å². The Morgan fingerprint density at radius 3 is 2.96 bits per heavy atom. The van der Waals surface area contributed by atoms with E-state index in [9.17, 15) is 0 Å². The summed E-state index contributed by atoms with van der Waals surface area (Å²) in [5.41, 5.74) is 5.26. The number of benzene rings is 1. The van der Waals surface area contributed by atoms with Crippen LogP contribution >= 0.6 is 0 Å². The Hall–Kier alpha value is -2.93. The van der Waals surface area contributed by atoms with E-state index in [2.05, 4.69) is 51.3 Å². The van der Waals surface area contributed by atoms with Crippen LogP contribution in [0.15, 0.2) is 36.5 Å². The predicted octanol–water partition coefficient (Wildman–Crippen LogP) is 3.38. The molecule has 7 heteroatoms. The van der Waals surface area contributed by atoms with Gasteiger partial charge in [-0.15, -0.1) is 5.10 Å². The third-order valence-electron chi connectivity index (χ3n) is 5.86. The molecule has 1 saturated heterocycles. The summed E-state index contributed by atoms with van der Waals surface area (Å²) < 4.78 is 7.52. The zero-order chi connectivity index (χ0) is 18.7. The van der Waals surface area contributed by atoms with E-state index < -0.39 is 0 Å². The average Bonchev–Trinajstić information content (AvgIpc) is 3.34. The Labute approximate surface area is 162 Å². The lowest BCUT2D eigenvalue weighted by Gasteiger charge is -2.34. The number of ether oxygens (including phenoxy) is 1. The zero-order valence-corrected chi connectivity index (χ0v) is 15.8. The molecule has 0 radical (unpaired) electrons. The summed E-state index contributed by atoms with van der Waals surface area (Å²) in [6.07, 6.45) is 4.39. The van der Waals surface area contributed by atoms with E-state index in [1.54, 1.807) is 0 Å². The Morgan fingerprint density at radius 1 is 1.18 bits per heavy atom. The molecule has 7 nitrogen and oxygen atoms in total. The highest BCUT2D eigenvalue weighted by Crippen LogP contribution is 2.42. The SMILES string of the molecule is C[C@H]1COCCN1c1ccc2ncc(-c3ccc4[nH]nc(C5CC5)c4c3)n2n1. The number of fused-ring (bicyclic) bond motifs is 2. The number of hydrogen-bond donors (Lipinski definition) is 1. The third-order valence-corrected chi connectivity index (χ3v) is 5.86. The quantitative estimate of drug-likeness (QED) is 0.595. The van der Waals surface area contributed by atoms with Crippen molar-refractivity contribution in [3.05, 3.63) is 42.2 Å². The number of morpholine rings is 1. The molecule has 1 aromatic carbocycles. The molecule has 28 heavy (non-hydrogen) atoms. The zero-order valence-electron chi connectivity index (χ0n) is 15.8. The van der Waals surface area contributed by atoms with Crippen molar-refractivity contribution in [1.29, 1.82) is 0 Å². The molecule has 1 aliphatic heterocycles. The lowest BCUT2D eigenvalue weighted by atomic mass is 10.1. The van der Waals surface area contributed by atoms with Crippen molar-refractivity contribution < 1.29 is 4.74 Å². The van der Waals surface area contributed by atoms with Gasteiger partial charge in [-0.2, -0.15) is 5.10 Å². The van der Waals surface area contributed by atoms with E-state index in [0.29, 0.717) is 12.0 Å². The van der Waals surface area contributed by atoms with Crippen LogP contribution in [0.4, 0.5) is 5.82 Å². The molecular weight excluding hydrogens is 352 g/mol.